The van der Waals surface area contributed by atoms with E-state index >= 15 is 0 Å². The summed E-state index contributed by atoms with van der Waals surface area (Å²) in [5.74, 6) is -1.39. The maximum absolute atomic E-state index is 12.6. The van der Waals surface area contributed by atoms with Crippen LogP contribution in [0.3, 0.4) is 0 Å². The summed E-state index contributed by atoms with van der Waals surface area (Å²) in [5.41, 5.74) is 1.88. The van der Waals surface area contributed by atoms with Gasteiger partial charge in [0.25, 0.3) is 11.8 Å². The third-order valence-corrected chi connectivity index (χ3v) is 4.34. The summed E-state index contributed by atoms with van der Waals surface area (Å²) in [6, 6.07) is 12.4. The van der Waals surface area contributed by atoms with E-state index in [2.05, 4.69) is 20.8 Å². The van der Waals surface area contributed by atoms with Gasteiger partial charge in [-0.1, -0.05) is 12.1 Å². The number of amides is 3. The van der Waals surface area contributed by atoms with Crippen molar-refractivity contribution in [2.75, 3.05) is 5.32 Å². The number of carbonyl (C=O) groups is 3. The molecule has 27 heavy (non-hydrogen) atoms. The van der Waals surface area contributed by atoms with E-state index in [1.807, 2.05) is 0 Å². The lowest BCUT2D eigenvalue weighted by Crippen LogP contribution is -2.45. The van der Waals surface area contributed by atoms with E-state index in [-0.39, 0.29) is 0 Å². The van der Waals surface area contributed by atoms with E-state index in [9.17, 15) is 14.4 Å². The average molecular weight is 362 g/mol. The highest BCUT2D eigenvalue weighted by molar-refractivity contribution is 6.23. The molecule has 0 spiro atoms. The van der Waals surface area contributed by atoms with Gasteiger partial charge in [-0.2, -0.15) is 0 Å². The Bertz CT molecular complexity index is 995. The van der Waals surface area contributed by atoms with Gasteiger partial charge in [0.2, 0.25) is 5.91 Å². The van der Waals surface area contributed by atoms with E-state index in [0.717, 1.165) is 10.6 Å². The predicted molar refractivity (Wildman–Crippen MR) is 94.2 cm³/mol. The van der Waals surface area contributed by atoms with Crippen LogP contribution in [0.1, 0.15) is 27.6 Å². The highest BCUT2D eigenvalue weighted by Crippen LogP contribution is 2.25. The first-order valence-corrected chi connectivity index (χ1v) is 8.17. The van der Waals surface area contributed by atoms with Gasteiger partial charge >= 0.3 is 0 Å². The molecule has 1 aliphatic heterocycles. The Hall–Kier alpha value is -3.88. The van der Waals surface area contributed by atoms with Gasteiger partial charge in [-0.3, -0.25) is 19.3 Å². The molecule has 2 heterocycles. The van der Waals surface area contributed by atoms with Gasteiger partial charge in [0.1, 0.15) is 12.4 Å². The molecule has 0 saturated carbocycles. The van der Waals surface area contributed by atoms with E-state index in [0.29, 0.717) is 16.8 Å². The van der Waals surface area contributed by atoms with Crippen molar-refractivity contribution in [3.8, 4) is 5.69 Å². The minimum absolute atomic E-state index is 0.313. The fraction of sp³-hybridized carbons (Fsp3) is 0.111. The van der Waals surface area contributed by atoms with Gasteiger partial charge in [-0.05, 0) is 53.7 Å². The van der Waals surface area contributed by atoms with Crippen molar-refractivity contribution in [1.29, 1.82) is 0 Å². The number of benzene rings is 2. The highest BCUT2D eigenvalue weighted by Gasteiger charge is 2.40. The fourth-order valence-corrected chi connectivity index (χ4v) is 2.90. The van der Waals surface area contributed by atoms with Crippen LogP contribution in [-0.4, -0.2) is 48.9 Å². The lowest BCUT2D eigenvalue weighted by molar-refractivity contribution is -0.119. The van der Waals surface area contributed by atoms with Crippen LogP contribution < -0.4 is 5.32 Å². The number of nitrogens with zero attached hydrogens (tertiary/aromatic N) is 5. The first kappa shape index (κ1) is 16.6. The number of anilines is 1. The summed E-state index contributed by atoms with van der Waals surface area (Å²) in [4.78, 5) is 38.5. The van der Waals surface area contributed by atoms with E-state index < -0.39 is 23.8 Å². The van der Waals surface area contributed by atoms with Crippen LogP contribution >= 0.6 is 0 Å². The second-order valence-electron chi connectivity index (χ2n) is 5.99. The van der Waals surface area contributed by atoms with E-state index in [4.69, 9.17) is 0 Å². The summed E-state index contributed by atoms with van der Waals surface area (Å²) < 4.78 is 1.48. The maximum Gasteiger partial charge on any atom is 0.262 e. The Labute approximate surface area is 153 Å². The van der Waals surface area contributed by atoms with Crippen LogP contribution in [0.25, 0.3) is 5.69 Å². The Morgan fingerprint density at radius 2 is 1.63 bits per heavy atom. The molecule has 4 rings (SSSR count). The lowest BCUT2D eigenvalue weighted by atomic mass is 10.1. The number of tetrazole rings is 1. The van der Waals surface area contributed by atoms with Crippen molar-refractivity contribution < 1.29 is 14.4 Å². The third-order valence-electron chi connectivity index (χ3n) is 4.34. The van der Waals surface area contributed by atoms with Crippen LogP contribution in [0.15, 0.2) is 54.9 Å². The topological polar surface area (TPSA) is 110 Å². The lowest BCUT2D eigenvalue weighted by Gasteiger charge is -2.21. The molecule has 1 N–H and O–H groups in total. The first-order valence-electron chi connectivity index (χ1n) is 8.17. The SMILES string of the molecule is C[C@H](C(=O)Nc1ccc(-n2cnnn2)cc1)N1C(=O)c2ccccc2C1=O. The molecular weight excluding hydrogens is 348 g/mol. The van der Waals surface area contributed by atoms with E-state index in [1.54, 1.807) is 48.5 Å². The smallest absolute Gasteiger partial charge is 0.262 e. The van der Waals surface area contributed by atoms with Gasteiger partial charge in [0.15, 0.2) is 0 Å². The van der Waals surface area contributed by atoms with Crippen molar-refractivity contribution in [2.45, 2.75) is 13.0 Å². The summed E-state index contributed by atoms with van der Waals surface area (Å²) in [6.07, 6.45) is 1.46. The molecule has 0 unspecified atom stereocenters. The minimum Gasteiger partial charge on any atom is -0.324 e. The molecule has 0 fully saturated rings. The molecule has 9 nitrogen and oxygen atoms in total. The molecule has 134 valence electrons. The van der Waals surface area contributed by atoms with Crippen LogP contribution in [0.5, 0.6) is 0 Å². The molecular formula is C18H14N6O3. The monoisotopic (exact) mass is 362 g/mol. The Morgan fingerprint density at radius 1 is 1.00 bits per heavy atom. The van der Waals surface area contributed by atoms with Crippen molar-refractivity contribution >= 4 is 23.4 Å². The normalized spacial score (nSPS) is 14.2. The molecule has 1 atom stereocenters. The zero-order valence-corrected chi connectivity index (χ0v) is 14.2. The molecule has 9 heteroatoms. The third kappa shape index (κ3) is 2.84. The Balaban J connectivity index is 1.49. The molecule has 0 aliphatic carbocycles. The minimum atomic E-state index is -0.948. The number of hydrogen-bond acceptors (Lipinski definition) is 6. The van der Waals surface area contributed by atoms with Crippen LogP contribution in [0.4, 0.5) is 5.69 Å². The molecule has 2 aromatic carbocycles. The molecule has 3 aromatic rings. The van der Waals surface area contributed by atoms with Gasteiger partial charge in [0.05, 0.1) is 16.8 Å². The Morgan fingerprint density at radius 3 is 2.19 bits per heavy atom. The largest absolute Gasteiger partial charge is 0.324 e. The van der Waals surface area contributed by atoms with Crippen molar-refractivity contribution in [1.82, 2.24) is 25.1 Å². The average Bonchev–Trinajstić information content (AvgIpc) is 3.30. The second-order valence-corrected chi connectivity index (χ2v) is 5.99. The summed E-state index contributed by atoms with van der Waals surface area (Å²) in [5, 5.41) is 13.6. The predicted octanol–water partition coefficient (Wildman–Crippen LogP) is 1.29. The zero-order chi connectivity index (χ0) is 19.0. The van der Waals surface area contributed by atoms with Gasteiger partial charge in [-0.15, -0.1) is 5.10 Å². The van der Waals surface area contributed by atoms with Crippen LogP contribution in [0, 0.1) is 0 Å². The van der Waals surface area contributed by atoms with Crippen molar-refractivity contribution in [3.05, 3.63) is 66.0 Å². The second kappa shape index (κ2) is 6.45. The summed E-state index contributed by atoms with van der Waals surface area (Å²) in [6.45, 7) is 1.52. The Kier molecular flexibility index (Phi) is 3.96. The number of imide groups is 1. The quantitative estimate of drug-likeness (QED) is 0.700. The van der Waals surface area contributed by atoms with Gasteiger partial charge in [0, 0.05) is 5.69 Å². The van der Waals surface area contributed by atoms with Crippen molar-refractivity contribution in [3.63, 3.8) is 0 Å². The summed E-state index contributed by atoms with van der Waals surface area (Å²) in [7, 11) is 0. The molecule has 3 amide bonds. The fourth-order valence-electron chi connectivity index (χ4n) is 2.90. The molecule has 0 radical (unpaired) electrons. The zero-order valence-electron chi connectivity index (χ0n) is 14.2. The number of aromatic nitrogens is 4. The number of fused-ring (bicyclic) bond motifs is 1. The molecule has 1 aliphatic rings. The number of nitrogens with one attached hydrogen (secondary N) is 1. The van der Waals surface area contributed by atoms with Crippen LogP contribution in [0.2, 0.25) is 0 Å². The number of carbonyl (C=O) groups excluding carboxylic acids is 3. The van der Waals surface area contributed by atoms with Crippen molar-refractivity contribution in [2.24, 2.45) is 0 Å². The number of rotatable bonds is 4. The molecule has 0 bridgehead atoms. The first-order chi connectivity index (χ1) is 13.1. The number of hydrogen-bond donors (Lipinski definition) is 1. The standard InChI is InChI=1S/C18H14N6O3/c1-11(24-17(26)14-4-2-3-5-15(14)18(24)27)16(25)20-12-6-8-13(9-7-12)23-10-19-21-22-23/h2-11H,1H3,(H,20,25)/t11-/m1/s1. The van der Waals surface area contributed by atoms with Gasteiger partial charge in [-0.25, -0.2) is 4.68 Å². The molecule has 1 aromatic heterocycles. The maximum atomic E-state index is 12.6. The van der Waals surface area contributed by atoms with Gasteiger partial charge < -0.3 is 5.32 Å². The molecule has 0 saturated heterocycles. The highest BCUT2D eigenvalue weighted by atomic mass is 16.2. The van der Waals surface area contributed by atoms with E-state index in [1.165, 1.54) is 17.9 Å². The summed E-state index contributed by atoms with van der Waals surface area (Å²) >= 11 is 0. The van der Waals surface area contributed by atoms with Crippen LogP contribution in [-0.2, 0) is 4.79 Å².